The van der Waals surface area contributed by atoms with Crippen molar-refractivity contribution in [1.82, 2.24) is 25.1 Å². The van der Waals surface area contributed by atoms with Crippen molar-refractivity contribution in [3.8, 4) is 0 Å². The minimum Gasteiger partial charge on any atom is -0.360 e. The van der Waals surface area contributed by atoms with Gasteiger partial charge < -0.3 is 25.1 Å². The van der Waals surface area contributed by atoms with Gasteiger partial charge in [0.1, 0.15) is 0 Å². The van der Waals surface area contributed by atoms with Crippen molar-refractivity contribution in [3.05, 3.63) is 47.0 Å². The third-order valence-electron chi connectivity index (χ3n) is 4.41. The maximum Gasteiger partial charge on any atom is 0.0478 e. The number of aromatic amines is 2. The van der Waals surface area contributed by atoms with Crippen LogP contribution in [0.2, 0.25) is 0 Å². The van der Waals surface area contributed by atoms with E-state index in [1.807, 2.05) is 0 Å². The summed E-state index contributed by atoms with van der Waals surface area (Å²) in [6.45, 7) is 1.92. The highest BCUT2D eigenvalue weighted by Gasteiger charge is 2.27. The molecule has 0 spiro atoms. The fourth-order valence-corrected chi connectivity index (χ4v) is 3.42. The monoisotopic (exact) mass is 315 g/mol. The lowest BCUT2D eigenvalue weighted by Crippen LogP contribution is -2.18. The van der Waals surface area contributed by atoms with Gasteiger partial charge in [0.15, 0.2) is 0 Å². The lowest BCUT2D eigenvalue weighted by atomic mass is 10.1. The van der Waals surface area contributed by atoms with Crippen molar-refractivity contribution in [3.63, 3.8) is 0 Å². The van der Waals surface area contributed by atoms with Crippen LogP contribution in [0.15, 0.2) is 24.3 Å². The Morgan fingerprint density at radius 1 is 0.783 bits per heavy atom. The second-order valence-electron chi connectivity index (χ2n) is 7.20. The lowest BCUT2D eigenvalue weighted by molar-refractivity contribution is 0.396. The molecule has 126 valence electrons. The normalized spacial score (nSPS) is 21.7. The van der Waals surface area contributed by atoms with Crippen molar-refractivity contribution in [1.29, 1.82) is 0 Å². The van der Waals surface area contributed by atoms with Gasteiger partial charge in [-0.05, 0) is 65.3 Å². The second kappa shape index (κ2) is 6.91. The zero-order valence-corrected chi connectivity index (χ0v) is 14.7. The molecule has 5 nitrogen and oxygen atoms in total. The predicted molar refractivity (Wildman–Crippen MR) is 94.2 cm³/mol. The summed E-state index contributed by atoms with van der Waals surface area (Å²) in [6, 6.07) is 9.71. The number of H-pyrrole nitrogens is 2. The van der Waals surface area contributed by atoms with Crippen molar-refractivity contribution in [2.45, 2.75) is 38.0 Å². The molecule has 5 heteroatoms. The minimum atomic E-state index is 0.427. The van der Waals surface area contributed by atoms with Gasteiger partial charge in [0.05, 0.1) is 0 Å². The maximum atomic E-state index is 3.77. The molecular weight excluding hydrogens is 286 g/mol. The van der Waals surface area contributed by atoms with E-state index < -0.39 is 0 Å². The summed E-state index contributed by atoms with van der Waals surface area (Å²) < 4.78 is 0. The largest absolute Gasteiger partial charge is 0.360 e. The van der Waals surface area contributed by atoms with Gasteiger partial charge in [0, 0.05) is 47.9 Å². The Balaban J connectivity index is 1.61. The van der Waals surface area contributed by atoms with Crippen molar-refractivity contribution in [2.75, 3.05) is 28.2 Å². The molecule has 2 atom stereocenters. The zero-order chi connectivity index (χ0) is 16.4. The maximum absolute atomic E-state index is 3.77. The van der Waals surface area contributed by atoms with Crippen LogP contribution in [0.25, 0.3) is 0 Å². The molecule has 3 rings (SSSR count). The van der Waals surface area contributed by atoms with Crippen molar-refractivity contribution in [2.24, 2.45) is 0 Å². The van der Waals surface area contributed by atoms with Gasteiger partial charge in [-0.2, -0.15) is 0 Å². The standard InChI is InChI=1S/C18H29N5/c1-22(2)11-13-5-7-15(19-13)17-9-10-18(21-17)16-8-6-14(20-16)12-23(3)4/h5-8,17-21H,9-12H2,1-4H3/t17-,18-/m1/s1. The quantitative estimate of drug-likeness (QED) is 0.768. The lowest BCUT2D eigenvalue weighted by Gasteiger charge is -2.13. The van der Waals surface area contributed by atoms with Crippen LogP contribution in [0.4, 0.5) is 0 Å². The van der Waals surface area contributed by atoms with Crippen molar-refractivity contribution >= 4 is 0 Å². The third kappa shape index (κ3) is 4.05. The number of hydrogen-bond acceptors (Lipinski definition) is 3. The van der Waals surface area contributed by atoms with E-state index in [-0.39, 0.29) is 0 Å². The van der Waals surface area contributed by atoms with E-state index in [9.17, 15) is 0 Å². The van der Waals surface area contributed by atoms with E-state index in [1.54, 1.807) is 0 Å². The summed E-state index contributed by atoms with van der Waals surface area (Å²) in [5, 5.41) is 3.77. The van der Waals surface area contributed by atoms with Crippen LogP contribution in [0.3, 0.4) is 0 Å². The molecule has 3 heterocycles. The Morgan fingerprint density at radius 3 is 1.61 bits per heavy atom. The summed E-state index contributed by atoms with van der Waals surface area (Å²) in [5.41, 5.74) is 5.18. The summed E-state index contributed by atoms with van der Waals surface area (Å²) in [5.74, 6) is 0. The Hall–Kier alpha value is -1.56. The molecule has 2 aromatic rings. The molecule has 1 fully saturated rings. The number of hydrogen-bond donors (Lipinski definition) is 3. The molecule has 0 amide bonds. The molecule has 0 aliphatic carbocycles. The Labute approximate surface area is 139 Å². The van der Waals surface area contributed by atoms with Gasteiger partial charge in [0.2, 0.25) is 0 Å². The van der Waals surface area contributed by atoms with Crippen LogP contribution in [-0.4, -0.2) is 48.0 Å². The first kappa shape index (κ1) is 16.3. The summed E-state index contributed by atoms with van der Waals surface area (Å²) in [6.07, 6.45) is 2.35. The van der Waals surface area contributed by atoms with Gasteiger partial charge in [-0.15, -0.1) is 0 Å². The molecule has 3 N–H and O–H groups in total. The van der Waals surface area contributed by atoms with Gasteiger partial charge in [-0.1, -0.05) is 0 Å². The predicted octanol–water partition coefficient (Wildman–Crippen LogP) is 2.63. The smallest absolute Gasteiger partial charge is 0.0478 e. The van der Waals surface area contributed by atoms with E-state index in [0.29, 0.717) is 12.1 Å². The highest BCUT2D eigenvalue weighted by atomic mass is 15.1. The average Bonchev–Trinajstić information content (AvgIpc) is 3.15. The molecule has 0 radical (unpaired) electrons. The third-order valence-corrected chi connectivity index (χ3v) is 4.41. The number of rotatable bonds is 6. The van der Waals surface area contributed by atoms with E-state index >= 15 is 0 Å². The summed E-state index contributed by atoms with van der Waals surface area (Å²) >= 11 is 0. The Morgan fingerprint density at radius 2 is 1.22 bits per heavy atom. The van der Waals surface area contributed by atoms with E-state index in [2.05, 4.69) is 77.5 Å². The summed E-state index contributed by atoms with van der Waals surface area (Å²) in [4.78, 5) is 11.5. The molecule has 1 aliphatic heterocycles. The number of aromatic nitrogens is 2. The molecule has 1 aliphatic rings. The molecule has 1 saturated heterocycles. The first-order valence-corrected chi connectivity index (χ1v) is 8.42. The average molecular weight is 315 g/mol. The molecular formula is C18H29N5. The van der Waals surface area contributed by atoms with Gasteiger partial charge >= 0.3 is 0 Å². The van der Waals surface area contributed by atoms with Crippen LogP contribution < -0.4 is 5.32 Å². The minimum absolute atomic E-state index is 0.427. The Kier molecular flexibility index (Phi) is 4.90. The fourth-order valence-electron chi connectivity index (χ4n) is 3.42. The molecule has 0 bridgehead atoms. The zero-order valence-electron chi connectivity index (χ0n) is 14.7. The molecule has 0 saturated carbocycles. The number of nitrogens with one attached hydrogen (secondary N) is 3. The topological polar surface area (TPSA) is 50.1 Å². The molecule has 0 unspecified atom stereocenters. The van der Waals surface area contributed by atoms with Gasteiger partial charge in [0.25, 0.3) is 0 Å². The Bertz CT molecular complexity index is 571. The van der Waals surface area contributed by atoms with Gasteiger partial charge in [-0.3, -0.25) is 0 Å². The second-order valence-corrected chi connectivity index (χ2v) is 7.20. The first-order valence-electron chi connectivity index (χ1n) is 8.42. The first-order chi connectivity index (χ1) is 11.0. The van der Waals surface area contributed by atoms with Crippen LogP contribution >= 0.6 is 0 Å². The van der Waals surface area contributed by atoms with E-state index in [0.717, 1.165) is 13.1 Å². The fraction of sp³-hybridized carbons (Fsp3) is 0.556. The highest BCUT2D eigenvalue weighted by molar-refractivity contribution is 5.22. The van der Waals surface area contributed by atoms with Crippen molar-refractivity contribution < 1.29 is 0 Å². The van der Waals surface area contributed by atoms with Crippen LogP contribution in [0.5, 0.6) is 0 Å². The number of nitrogens with zero attached hydrogens (tertiary/aromatic N) is 2. The summed E-state index contributed by atoms with van der Waals surface area (Å²) in [7, 11) is 8.39. The molecule has 23 heavy (non-hydrogen) atoms. The van der Waals surface area contributed by atoms with E-state index in [1.165, 1.54) is 35.6 Å². The van der Waals surface area contributed by atoms with Crippen LogP contribution in [-0.2, 0) is 13.1 Å². The van der Waals surface area contributed by atoms with E-state index in [4.69, 9.17) is 0 Å². The molecule has 2 aromatic heterocycles. The van der Waals surface area contributed by atoms with Crippen LogP contribution in [0, 0.1) is 0 Å². The molecule has 0 aromatic carbocycles. The highest BCUT2D eigenvalue weighted by Crippen LogP contribution is 2.33. The van der Waals surface area contributed by atoms with Crippen LogP contribution in [0.1, 0.15) is 47.7 Å². The van der Waals surface area contributed by atoms with Gasteiger partial charge in [-0.25, -0.2) is 0 Å². The SMILES string of the molecule is CN(C)Cc1ccc([C@H]2CC[C@H](c3ccc(CN(C)C)[nH]3)N2)[nH]1.